The monoisotopic (exact) mass is 208 g/mol. The van der Waals surface area contributed by atoms with Crippen LogP contribution in [-0.4, -0.2) is 23.2 Å². The van der Waals surface area contributed by atoms with Crippen molar-refractivity contribution >= 4 is 0 Å². The second kappa shape index (κ2) is 6.53. The predicted octanol–water partition coefficient (Wildman–Crippen LogP) is 1.75. The third-order valence-electron chi connectivity index (χ3n) is 2.62. The minimum absolute atomic E-state index is 0.433. The molecule has 3 nitrogen and oxygen atoms in total. The van der Waals surface area contributed by atoms with E-state index in [4.69, 9.17) is 0 Å². The molecule has 2 atom stereocenters. The maximum absolute atomic E-state index is 9.82. The number of nitrogens with one attached hydrogen (secondary N) is 1. The third-order valence-corrected chi connectivity index (χ3v) is 2.62. The minimum atomic E-state index is -0.433. The molecule has 0 saturated heterocycles. The van der Waals surface area contributed by atoms with Crippen molar-refractivity contribution in [3.05, 3.63) is 30.1 Å². The van der Waals surface area contributed by atoms with Crippen LogP contribution < -0.4 is 5.32 Å². The van der Waals surface area contributed by atoms with E-state index in [1.165, 1.54) is 6.42 Å². The SMILES string of the molecule is CCC(C)CNCC(O)c1ccncc1. The van der Waals surface area contributed by atoms with Gasteiger partial charge in [-0.25, -0.2) is 0 Å². The van der Waals surface area contributed by atoms with Gasteiger partial charge in [0.05, 0.1) is 6.10 Å². The molecule has 15 heavy (non-hydrogen) atoms. The summed E-state index contributed by atoms with van der Waals surface area (Å²) in [7, 11) is 0. The van der Waals surface area contributed by atoms with Crippen LogP contribution in [0.3, 0.4) is 0 Å². The first-order chi connectivity index (χ1) is 7.24. The van der Waals surface area contributed by atoms with Crippen LogP contribution in [0.4, 0.5) is 0 Å². The number of aromatic nitrogens is 1. The maximum atomic E-state index is 9.82. The van der Waals surface area contributed by atoms with E-state index in [1.54, 1.807) is 12.4 Å². The summed E-state index contributed by atoms with van der Waals surface area (Å²) in [5, 5.41) is 13.1. The van der Waals surface area contributed by atoms with Gasteiger partial charge in [0.1, 0.15) is 0 Å². The van der Waals surface area contributed by atoms with E-state index in [-0.39, 0.29) is 0 Å². The molecule has 0 aliphatic carbocycles. The quantitative estimate of drug-likeness (QED) is 0.748. The highest BCUT2D eigenvalue weighted by molar-refractivity contribution is 5.13. The highest BCUT2D eigenvalue weighted by atomic mass is 16.3. The van der Waals surface area contributed by atoms with Crippen molar-refractivity contribution in [2.75, 3.05) is 13.1 Å². The van der Waals surface area contributed by atoms with Gasteiger partial charge in [-0.3, -0.25) is 4.98 Å². The molecule has 1 heterocycles. The molecule has 0 aliphatic rings. The van der Waals surface area contributed by atoms with Crippen molar-refractivity contribution in [1.29, 1.82) is 0 Å². The fourth-order valence-corrected chi connectivity index (χ4v) is 1.31. The van der Waals surface area contributed by atoms with Crippen LogP contribution in [0.25, 0.3) is 0 Å². The van der Waals surface area contributed by atoms with Gasteiger partial charge >= 0.3 is 0 Å². The standard InChI is InChI=1S/C12H20N2O/c1-3-10(2)8-14-9-12(15)11-4-6-13-7-5-11/h4-7,10,12,14-15H,3,8-9H2,1-2H3. The van der Waals surface area contributed by atoms with Crippen molar-refractivity contribution in [2.45, 2.75) is 26.4 Å². The Kier molecular flexibility index (Phi) is 5.29. The normalized spacial score (nSPS) is 14.9. The lowest BCUT2D eigenvalue weighted by atomic mass is 10.1. The van der Waals surface area contributed by atoms with Gasteiger partial charge in [-0.2, -0.15) is 0 Å². The lowest BCUT2D eigenvalue weighted by Crippen LogP contribution is -2.26. The van der Waals surface area contributed by atoms with Gasteiger partial charge in [-0.05, 0) is 30.2 Å². The topological polar surface area (TPSA) is 45.1 Å². The molecule has 2 unspecified atom stereocenters. The van der Waals surface area contributed by atoms with Gasteiger partial charge in [0.15, 0.2) is 0 Å². The van der Waals surface area contributed by atoms with Gasteiger partial charge in [0, 0.05) is 18.9 Å². The molecule has 0 fully saturated rings. The summed E-state index contributed by atoms with van der Waals surface area (Å²) in [5.41, 5.74) is 0.918. The summed E-state index contributed by atoms with van der Waals surface area (Å²) in [5.74, 6) is 0.662. The Morgan fingerprint density at radius 3 is 2.60 bits per heavy atom. The molecule has 0 aliphatic heterocycles. The molecule has 3 heteroatoms. The Morgan fingerprint density at radius 2 is 2.00 bits per heavy atom. The van der Waals surface area contributed by atoms with Crippen molar-refractivity contribution in [2.24, 2.45) is 5.92 Å². The lowest BCUT2D eigenvalue weighted by molar-refractivity contribution is 0.173. The Labute approximate surface area is 91.5 Å². The van der Waals surface area contributed by atoms with Crippen LogP contribution in [0.1, 0.15) is 31.9 Å². The molecule has 2 N–H and O–H groups in total. The zero-order chi connectivity index (χ0) is 11.1. The van der Waals surface area contributed by atoms with E-state index in [9.17, 15) is 5.11 Å². The number of rotatable bonds is 6. The second-order valence-electron chi connectivity index (χ2n) is 3.97. The Balaban J connectivity index is 2.28. The first kappa shape index (κ1) is 12.1. The molecule has 0 spiro atoms. The maximum Gasteiger partial charge on any atom is 0.0915 e. The third kappa shape index (κ3) is 4.40. The van der Waals surface area contributed by atoms with Crippen LogP contribution in [-0.2, 0) is 0 Å². The smallest absolute Gasteiger partial charge is 0.0915 e. The van der Waals surface area contributed by atoms with Gasteiger partial charge in [-0.1, -0.05) is 20.3 Å². The van der Waals surface area contributed by atoms with Crippen molar-refractivity contribution in [1.82, 2.24) is 10.3 Å². The van der Waals surface area contributed by atoms with Crippen molar-refractivity contribution in [3.8, 4) is 0 Å². The zero-order valence-corrected chi connectivity index (χ0v) is 9.48. The zero-order valence-electron chi connectivity index (χ0n) is 9.48. The number of hydrogen-bond donors (Lipinski definition) is 2. The molecule has 84 valence electrons. The molecule has 1 rings (SSSR count). The molecule has 1 aromatic heterocycles. The van der Waals surface area contributed by atoms with E-state index in [0.717, 1.165) is 12.1 Å². The van der Waals surface area contributed by atoms with Gasteiger partial charge < -0.3 is 10.4 Å². The fourth-order valence-electron chi connectivity index (χ4n) is 1.31. The van der Waals surface area contributed by atoms with Crippen LogP contribution >= 0.6 is 0 Å². The molecule has 0 bridgehead atoms. The van der Waals surface area contributed by atoms with E-state index in [2.05, 4.69) is 24.1 Å². The van der Waals surface area contributed by atoms with Crippen LogP contribution in [0.2, 0.25) is 0 Å². The van der Waals surface area contributed by atoms with Gasteiger partial charge in [0.25, 0.3) is 0 Å². The summed E-state index contributed by atoms with van der Waals surface area (Å²) in [6, 6.07) is 3.69. The molecule has 0 radical (unpaired) electrons. The second-order valence-corrected chi connectivity index (χ2v) is 3.97. The van der Waals surface area contributed by atoms with Crippen molar-refractivity contribution < 1.29 is 5.11 Å². The highest BCUT2D eigenvalue weighted by Crippen LogP contribution is 2.09. The molecule has 0 amide bonds. The fraction of sp³-hybridized carbons (Fsp3) is 0.583. The Bertz CT molecular complexity index is 264. The summed E-state index contributed by atoms with van der Waals surface area (Å²) >= 11 is 0. The van der Waals surface area contributed by atoms with Gasteiger partial charge in [0.2, 0.25) is 0 Å². The summed E-state index contributed by atoms with van der Waals surface area (Å²) < 4.78 is 0. The minimum Gasteiger partial charge on any atom is -0.387 e. The van der Waals surface area contributed by atoms with E-state index in [1.807, 2.05) is 12.1 Å². The molecular weight excluding hydrogens is 188 g/mol. The average molecular weight is 208 g/mol. The Morgan fingerprint density at radius 1 is 1.33 bits per heavy atom. The number of aliphatic hydroxyl groups is 1. The summed E-state index contributed by atoms with van der Waals surface area (Å²) in [6.07, 6.45) is 4.13. The number of aliphatic hydroxyl groups excluding tert-OH is 1. The Hall–Kier alpha value is -0.930. The average Bonchev–Trinajstić information content (AvgIpc) is 2.29. The summed E-state index contributed by atoms with van der Waals surface area (Å²) in [4.78, 5) is 3.92. The lowest BCUT2D eigenvalue weighted by Gasteiger charge is -2.14. The highest BCUT2D eigenvalue weighted by Gasteiger charge is 2.06. The molecular formula is C12H20N2O. The molecule has 1 aromatic rings. The number of pyridine rings is 1. The van der Waals surface area contributed by atoms with E-state index < -0.39 is 6.10 Å². The molecule has 0 saturated carbocycles. The number of nitrogens with zero attached hydrogens (tertiary/aromatic N) is 1. The van der Waals surface area contributed by atoms with E-state index >= 15 is 0 Å². The first-order valence-electron chi connectivity index (χ1n) is 5.52. The number of hydrogen-bond acceptors (Lipinski definition) is 3. The largest absolute Gasteiger partial charge is 0.387 e. The van der Waals surface area contributed by atoms with Crippen LogP contribution in [0, 0.1) is 5.92 Å². The van der Waals surface area contributed by atoms with Gasteiger partial charge in [-0.15, -0.1) is 0 Å². The molecule has 0 aromatic carbocycles. The van der Waals surface area contributed by atoms with E-state index in [0.29, 0.717) is 12.5 Å². The van der Waals surface area contributed by atoms with Crippen LogP contribution in [0.15, 0.2) is 24.5 Å². The summed E-state index contributed by atoms with van der Waals surface area (Å²) in [6.45, 7) is 5.93. The first-order valence-corrected chi connectivity index (χ1v) is 5.52. The van der Waals surface area contributed by atoms with Crippen LogP contribution in [0.5, 0.6) is 0 Å². The predicted molar refractivity (Wildman–Crippen MR) is 61.5 cm³/mol. The van der Waals surface area contributed by atoms with Crippen molar-refractivity contribution in [3.63, 3.8) is 0 Å².